The maximum atomic E-state index is 12.5. The molecule has 6 nitrogen and oxygen atoms in total. The number of piperidine rings is 1. The summed E-state index contributed by atoms with van der Waals surface area (Å²) in [5, 5.41) is 6.96. The molecule has 3 heterocycles. The minimum Gasteiger partial charge on any atom is -0.354 e. The van der Waals surface area contributed by atoms with E-state index in [4.69, 9.17) is 4.98 Å². The van der Waals surface area contributed by atoms with Crippen LogP contribution in [0.5, 0.6) is 0 Å². The fraction of sp³-hybridized carbons (Fsp3) is 0.526. The van der Waals surface area contributed by atoms with Gasteiger partial charge in [-0.3, -0.25) is 4.79 Å². The van der Waals surface area contributed by atoms with Crippen molar-refractivity contribution < 1.29 is 9.59 Å². The molecule has 0 unspecified atom stereocenters. The molecule has 1 aromatic carbocycles. The summed E-state index contributed by atoms with van der Waals surface area (Å²) < 4.78 is 1.22. The van der Waals surface area contributed by atoms with E-state index in [0.29, 0.717) is 25.6 Å². The van der Waals surface area contributed by atoms with Crippen molar-refractivity contribution in [1.29, 1.82) is 0 Å². The number of amides is 3. The number of nitrogens with one attached hydrogen (secondary N) is 2. The molecule has 0 radical (unpaired) electrons. The minimum absolute atomic E-state index is 0.0554. The number of para-hydroxylation sites is 1. The van der Waals surface area contributed by atoms with Gasteiger partial charge in [-0.15, -0.1) is 11.3 Å². The predicted molar refractivity (Wildman–Crippen MR) is 102 cm³/mol. The lowest BCUT2D eigenvalue weighted by Crippen LogP contribution is -2.52. The highest BCUT2D eigenvalue weighted by Crippen LogP contribution is 2.33. The van der Waals surface area contributed by atoms with E-state index in [2.05, 4.69) is 22.8 Å². The maximum Gasteiger partial charge on any atom is 0.318 e. The number of hydrogen-bond donors (Lipinski definition) is 2. The lowest BCUT2D eigenvalue weighted by atomic mass is 9.98. The third-order valence-electron chi connectivity index (χ3n) is 5.27. The van der Waals surface area contributed by atoms with E-state index in [9.17, 15) is 9.59 Å². The van der Waals surface area contributed by atoms with Crippen LogP contribution in [0.25, 0.3) is 10.2 Å². The Morgan fingerprint density at radius 2 is 2.00 bits per heavy atom. The third kappa shape index (κ3) is 3.67. The van der Waals surface area contributed by atoms with Gasteiger partial charge in [-0.25, -0.2) is 9.78 Å². The molecule has 1 atom stereocenters. The van der Waals surface area contributed by atoms with E-state index < -0.39 is 6.04 Å². The average Bonchev–Trinajstić information content (AvgIpc) is 3.00. The number of benzene rings is 1. The number of rotatable bonds is 2. The molecule has 2 fully saturated rings. The third-order valence-corrected chi connectivity index (χ3v) is 6.47. The molecule has 3 amide bonds. The molecule has 0 saturated carbocycles. The summed E-state index contributed by atoms with van der Waals surface area (Å²) in [4.78, 5) is 31.1. The van der Waals surface area contributed by atoms with Crippen molar-refractivity contribution in [2.45, 2.75) is 44.1 Å². The standard InChI is InChI=1S/C19H24N4O2S/c24-17-15(6-3-4-10-20-17)22-19(25)23-11-8-13(9-12-23)18-21-14-5-1-2-7-16(14)26-18/h1-2,5,7,13,15H,3-4,6,8-12H2,(H,20,24)(H,22,25)/t15-/m1/s1. The summed E-state index contributed by atoms with van der Waals surface area (Å²) in [6.45, 7) is 2.13. The van der Waals surface area contributed by atoms with Crippen LogP contribution in [0.2, 0.25) is 0 Å². The zero-order valence-corrected chi connectivity index (χ0v) is 15.6. The van der Waals surface area contributed by atoms with Gasteiger partial charge in [0, 0.05) is 25.6 Å². The van der Waals surface area contributed by atoms with Gasteiger partial charge in [0.25, 0.3) is 0 Å². The van der Waals surface area contributed by atoms with Crippen LogP contribution in [0, 0.1) is 0 Å². The van der Waals surface area contributed by atoms with Gasteiger partial charge in [0.1, 0.15) is 6.04 Å². The Morgan fingerprint density at radius 1 is 1.19 bits per heavy atom. The number of nitrogens with zero attached hydrogens (tertiary/aromatic N) is 2. The van der Waals surface area contributed by atoms with E-state index in [1.165, 1.54) is 9.71 Å². The molecule has 2 aliphatic heterocycles. The van der Waals surface area contributed by atoms with E-state index in [1.54, 1.807) is 11.3 Å². The maximum absolute atomic E-state index is 12.5. The van der Waals surface area contributed by atoms with Gasteiger partial charge >= 0.3 is 6.03 Å². The topological polar surface area (TPSA) is 74.3 Å². The Morgan fingerprint density at radius 3 is 2.81 bits per heavy atom. The van der Waals surface area contributed by atoms with Crippen molar-refractivity contribution in [3.8, 4) is 0 Å². The molecule has 7 heteroatoms. The smallest absolute Gasteiger partial charge is 0.318 e. The fourth-order valence-electron chi connectivity index (χ4n) is 3.71. The Kier molecular flexibility index (Phi) is 5.06. The Bertz CT molecular complexity index is 765. The Labute approximate surface area is 157 Å². The second-order valence-corrected chi connectivity index (χ2v) is 8.13. The lowest BCUT2D eigenvalue weighted by Gasteiger charge is -2.32. The first kappa shape index (κ1) is 17.3. The zero-order valence-electron chi connectivity index (χ0n) is 14.7. The highest BCUT2D eigenvalue weighted by molar-refractivity contribution is 7.18. The molecule has 138 valence electrons. The fourth-order valence-corrected chi connectivity index (χ4v) is 4.85. The highest BCUT2D eigenvalue weighted by Gasteiger charge is 2.29. The highest BCUT2D eigenvalue weighted by atomic mass is 32.1. The molecule has 4 rings (SSSR count). The molecule has 2 saturated heterocycles. The monoisotopic (exact) mass is 372 g/mol. The first-order valence-electron chi connectivity index (χ1n) is 9.39. The van der Waals surface area contributed by atoms with Gasteiger partial charge in [0.05, 0.1) is 15.2 Å². The minimum atomic E-state index is -0.396. The summed E-state index contributed by atoms with van der Waals surface area (Å²) >= 11 is 1.76. The van der Waals surface area contributed by atoms with Gasteiger partial charge in [-0.1, -0.05) is 12.1 Å². The van der Waals surface area contributed by atoms with Crippen molar-refractivity contribution in [3.05, 3.63) is 29.3 Å². The van der Waals surface area contributed by atoms with Crippen LogP contribution in [0.1, 0.15) is 43.0 Å². The second kappa shape index (κ2) is 7.61. The molecule has 1 aromatic heterocycles. The summed E-state index contributed by atoms with van der Waals surface area (Å²) in [5.41, 5.74) is 1.06. The van der Waals surface area contributed by atoms with Crippen LogP contribution in [0.15, 0.2) is 24.3 Å². The molecule has 2 aliphatic rings. The second-order valence-electron chi connectivity index (χ2n) is 7.07. The molecular formula is C19H24N4O2S. The summed E-state index contributed by atoms with van der Waals surface area (Å²) in [6.07, 6.45) is 4.50. The number of hydrogen-bond acceptors (Lipinski definition) is 4. The van der Waals surface area contributed by atoms with Gasteiger partial charge < -0.3 is 15.5 Å². The number of thiazole rings is 1. The Balaban J connectivity index is 1.34. The quantitative estimate of drug-likeness (QED) is 0.851. The molecule has 0 bridgehead atoms. The molecule has 0 spiro atoms. The van der Waals surface area contributed by atoms with Crippen molar-refractivity contribution in [1.82, 2.24) is 20.5 Å². The van der Waals surface area contributed by atoms with Crippen LogP contribution in [0.3, 0.4) is 0 Å². The normalized spacial score (nSPS) is 22.1. The molecular weight excluding hydrogens is 348 g/mol. The van der Waals surface area contributed by atoms with E-state index in [0.717, 1.165) is 37.6 Å². The van der Waals surface area contributed by atoms with E-state index in [1.807, 2.05) is 17.0 Å². The summed E-state index contributed by atoms with van der Waals surface area (Å²) in [5.74, 6) is 0.359. The average molecular weight is 372 g/mol. The first-order chi connectivity index (χ1) is 12.7. The number of carbonyl (C=O) groups is 2. The summed E-state index contributed by atoms with van der Waals surface area (Å²) in [6, 6.07) is 7.71. The van der Waals surface area contributed by atoms with Crippen LogP contribution < -0.4 is 10.6 Å². The molecule has 2 N–H and O–H groups in total. The number of aromatic nitrogens is 1. The number of urea groups is 1. The van der Waals surface area contributed by atoms with Crippen LogP contribution in [-0.2, 0) is 4.79 Å². The molecule has 0 aliphatic carbocycles. The predicted octanol–water partition coefficient (Wildman–Crippen LogP) is 2.85. The van der Waals surface area contributed by atoms with Crippen molar-refractivity contribution in [2.75, 3.05) is 19.6 Å². The zero-order chi connectivity index (χ0) is 17.9. The van der Waals surface area contributed by atoms with Crippen molar-refractivity contribution in [3.63, 3.8) is 0 Å². The number of likely N-dealkylation sites (tertiary alicyclic amines) is 1. The van der Waals surface area contributed by atoms with E-state index in [-0.39, 0.29) is 11.9 Å². The van der Waals surface area contributed by atoms with Crippen LogP contribution in [0.4, 0.5) is 4.79 Å². The molecule has 2 aromatic rings. The van der Waals surface area contributed by atoms with Crippen LogP contribution >= 0.6 is 11.3 Å². The first-order valence-corrected chi connectivity index (χ1v) is 10.2. The van der Waals surface area contributed by atoms with Gasteiger partial charge in [-0.2, -0.15) is 0 Å². The summed E-state index contributed by atoms with van der Waals surface area (Å²) in [7, 11) is 0. The van der Waals surface area contributed by atoms with Gasteiger partial charge in [0.15, 0.2) is 0 Å². The van der Waals surface area contributed by atoms with E-state index >= 15 is 0 Å². The van der Waals surface area contributed by atoms with Gasteiger partial charge in [0.2, 0.25) is 5.91 Å². The van der Waals surface area contributed by atoms with Crippen molar-refractivity contribution in [2.24, 2.45) is 0 Å². The van der Waals surface area contributed by atoms with Crippen molar-refractivity contribution >= 4 is 33.5 Å². The SMILES string of the molecule is O=C1NCCCC[C@H]1NC(=O)N1CCC(c2nc3ccccc3s2)CC1. The largest absolute Gasteiger partial charge is 0.354 e. The van der Waals surface area contributed by atoms with Gasteiger partial charge in [-0.05, 0) is 44.2 Å². The number of carbonyl (C=O) groups excluding carboxylic acids is 2. The number of fused-ring (bicyclic) bond motifs is 1. The Hall–Kier alpha value is -2.15. The van der Waals surface area contributed by atoms with Crippen LogP contribution in [-0.4, -0.2) is 47.5 Å². The molecule has 26 heavy (non-hydrogen) atoms. The lowest BCUT2D eigenvalue weighted by molar-refractivity contribution is -0.122.